The minimum atomic E-state index is -0.181. The number of carbonyl (C=O) groups is 1. The molecular formula is C17H18N4O2S3. The molecule has 1 amide bonds. The second kappa shape index (κ2) is 8.70. The van der Waals surface area contributed by atoms with E-state index in [1.54, 1.807) is 11.8 Å². The molecule has 0 saturated heterocycles. The van der Waals surface area contributed by atoms with Crippen LogP contribution in [0.1, 0.15) is 17.6 Å². The van der Waals surface area contributed by atoms with Crippen molar-refractivity contribution in [1.29, 1.82) is 0 Å². The fraction of sp³-hybridized carbons (Fsp3) is 0.294. The molecule has 0 bridgehead atoms. The number of thioether (sulfide) groups is 2. The van der Waals surface area contributed by atoms with Gasteiger partial charge in [-0.15, -0.1) is 23.5 Å². The molecule has 0 aliphatic rings. The van der Waals surface area contributed by atoms with Crippen LogP contribution in [0.2, 0.25) is 0 Å². The third-order valence-corrected chi connectivity index (χ3v) is 6.32. The number of anilines is 1. The number of amides is 1. The topological polar surface area (TPSA) is 76.4 Å². The van der Waals surface area contributed by atoms with Gasteiger partial charge in [0.25, 0.3) is 5.56 Å². The molecule has 0 spiro atoms. The number of nitrogens with one attached hydrogen (secondary N) is 1. The van der Waals surface area contributed by atoms with Gasteiger partial charge in [0.2, 0.25) is 10.9 Å². The van der Waals surface area contributed by atoms with Crippen LogP contribution < -0.4 is 10.9 Å². The fourth-order valence-corrected chi connectivity index (χ4v) is 4.42. The smallest absolute Gasteiger partial charge is 0.275 e. The second-order valence-corrected chi connectivity index (χ2v) is 8.24. The molecule has 3 aromatic rings. The predicted octanol–water partition coefficient (Wildman–Crippen LogP) is 3.31. The third-order valence-electron chi connectivity index (χ3n) is 3.51. The molecule has 0 atom stereocenters. The highest BCUT2D eigenvalue weighted by atomic mass is 32.2. The van der Waals surface area contributed by atoms with E-state index in [-0.39, 0.29) is 11.5 Å². The fourth-order valence-electron chi connectivity index (χ4n) is 2.30. The van der Waals surface area contributed by atoms with Crippen molar-refractivity contribution in [2.24, 2.45) is 0 Å². The number of aromatic nitrogens is 3. The quantitative estimate of drug-likeness (QED) is 0.607. The van der Waals surface area contributed by atoms with Gasteiger partial charge in [-0.05, 0) is 24.8 Å². The SMILES string of the molecule is CCc1nn2c(=O)cc(CSCC(=O)Nc3ccccc3SC)nc2s1. The highest BCUT2D eigenvalue weighted by molar-refractivity contribution is 7.99. The molecule has 0 fully saturated rings. The number of para-hydroxylation sites is 1. The monoisotopic (exact) mass is 406 g/mol. The molecule has 2 aromatic heterocycles. The normalized spacial score (nSPS) is 11.0. The summed E-state index contributed by atoms with van der Waals surface area (Å²) in [6.07, 6.45) is 2.75. The van der Waals surface area contributed by atoms with Gasteiger partial charge in [-0.25, -0.2) is 4.98 Å². The molecule has 0 radical (unpaired) electrons. The Balaban J connectivity index is 1.60. The number of carbonyl (C=O) groups excluding carboxylic acids is 1. The Kier molecular flexibility index (Phi) is 6.33. The molecule has 2 heterocycles. The van der Waals surface area contributed by atoms with Gasteiger partial charge in [0.05, 0.1) is 17.1 Å². The van der Waals surface area contributed by atoms with Crippen molar-refractivity contribution in [2.75, 3.05) is 17.3 Å². The number of rotatable bonds is 7. The molecule has 9 heteroatoms. The van der Waals surface area contributed by atoms with E-state index < -0.39 is 0 Å². The van der Waals surface area contributed by atoms with E-state index in [0.717, 1.165) is 22.0 Å². The molecule has 6 nitrogen and oxygen atoms in total. The Morgan fingerprint density at radius 2 is 2.15 bits per heavy atom. The molecular weight excluding hydrogens is 388 g/mol. The lowest BCUT2D eigenvalue weighted by atomic mass is 10.3. The van der Waals surface area contributed by atoms with Crippen molar-refractivity contribution in [2.45, 2.75) is 24.0 Å². The number of benzene rings is 1. The Morgan fingerprint density at radius 1 is 1.35 bits per heavy atom. The highest BCUT2D eigenvalue weighted by Crippen LogP contribution is 2.24. The average Bonchev–Trinajstić information content (AvgIpc) is 3.06. The van der Waals surface area contributed by atoms with Crippen molar-refractivity contribution < 1.29 is 4.79 Å². The largest absolute Gasteiger partial charge is 0.324 e. The first kappa shape index (κ1) is 18.9. The van der Waals surface area contributed by atoms with Gasteiger partial charge in [-0.2, -0.15) is 9.61 Å². The highest BCUT2D eigenvalue weighted by Gasteiger charge is 2.10. The van der Waals surface area contributed by atoms with Crippen molar-refractivity contribution in [3.8, 4) is 0 Å². The number of aryl methyl sites for hydroxylation is 1. The second-order valence-electron chi connectivity index (χ2n) is 5.37. The van der Waals surface area contributed by atoms with E-state index in [4.69, 9.17) is 0 Å². The van der Waals surface area contributed by atoms with Crippen LogP contribution in [0.4, 0.5) is 5.69 Å². The summed E-state index contributed by atoms with van der Waals surface area (Å²) in [5.41, 5.74) is 1.31. The lowest BCUT2D eigenvalue weighted by Crippen LogP contribution is -2.16. The molecule has 0 aliphatic heterocycles. The van der Waals surface area contributed by atoms with Crippen molar-refractivity contribution in [1.82, 2.24) is 14.6 Å². The third kappa shape index (κ3) is 4.46. The molecule has 0 aliphatic carbocycles. The Bertz CT molecular complexity index is 984. The van der Waals surface area contributed by atoms with Gasteiger partial charge in [-0.3, -0.25) is 9.59 Å². The summed E-state index contributed by atoms with van der Waals surface area (Å²) < 4.78 is 1.34. The first-order valence-corrected chi connectivity index (χ1v) is 11.2. The molecule has 3 rings (SSSR count). The summed E-state index contributed by atoms with van der Waals surface area (Å²) in [7, 11) is 0. The molecule has 0 unspecified atom stereocenters. The van der Waals surface area contributed by atoms with E-state index in [1.165, 1.54) is 33.7 Å². The van der Waals surface area contributed by atoms with E-state index in [2.05, 4.69) is 15.4 Å². The zero-order valence-corrected chi connectivity index (χ0v) is 16.8. The molecule has 0 saturated carbocycles. The van der Waals surface area contributed by atoms with Crippen LogP contribution in [0.5, 0.6) is 0 Å². The first-order chi connectivity index (χ1) is 12.6. The molecule has 26 heavy (non-hydrogen) atoms. The number of fused-ring (bicyclic) bond motifs is 1. The van der Waals surface area contributed by atoms with Crippen LogP contribution in [0.15, 0.2) is 40.0 Å². The van der Waals surface area contributed by atoms with Gasteiger partial charge in [-0.1, -0.05) is 30.4 Å². The lowest BCUT2D eigenvalue weighted by molar-refractivity contribution is -0.113. The van der Waals surface area contributed by atoms with Crippen molar-refractivity contribution in [3.05, 3.63) is 51.4 Å². The van der Waals surface area contributed by atoms with E-state index >= 15 is 0 Å². The Labute approximate surface area is 163 Å². The van der Waals surface area contributed by atoms with Crippen LogP contribution in [0, 0.1) is 0 Å². The van der Waals surface area contributed by atoms with Gasteiger partial charge < -0.3 is 5.32 Å². The Hall–Kier alpha value is -1.84. The lowest BCUT2D eigenvalue weighted by Gasteiger charge is -2.08. The minimum Gasteiger partial charge on any atom is -0.324 e. The van der Waals surface area contributed by atoms with Gasteiger partial charge >= 0.3 is 0 Å². The first-order valence-electron chi connectivity index (χ1n) is 8.00. The average molecular weight is 407 g/mol. The summed E-state index contributed by atoms with van der Waals surface area (Å²) in [6, 6.07) is 9.19. The molecule has 1 aromatic carbocycles. The van der Waals surface area contributed by atoms with Gasteiger partial charge in [0.1, 0.15) is 5.01 Å². The number of hydrogen-bond acceptors (Lipinski definition) is 7. The van der Waals surface area contributed by atoms with E-state index in [9.17, 15) is 9.59 Å². The maximum atomic E-state index is 12.2. The zero-order valence-electron chi connectivity index (χ0n) is 14.4. The van der Waals surface area contributed by atoms with Crippen LogP contribution in [0.25, 0.3) is 4.96 Å². The summed E-state index contributed by atoms with van der Waals surface area (Å²) in [6.45, 7) is 1.99. The maximum Gasteiger partial charge on any atom is 0.275 e. The minimum absolute atomic E-state index is 0.0691. The summed E-state index contributed by atoms with van der Waals surface area (Å²) in [5.74, 6) is 0.732. The predicted molar refractivity (Wildman–Crippen MR) is 110 cm³/mol. The summed E-state index contributed by atoms with van der Waals surface area (Å²) >= 11 is 4.44. The summed E-state index contributed by atoms with van der Waals surface area (Å²) in [4.78, 5) is 30.4. The maximum absolute atomic E-state index is 12.2. The van der Waals surface area contributed by atoms with Crippen molar-refractivity contribution >= 4 is 51.4 Å². The molecule has 1 N–H and O–H groups in total. The van der Waals surface area contributed by atoms with Gasteiger partial charge in [0.15, 0.2) is 0 Å². The number of nitrogens with zero attached hydrogens (tertiary/aromatic N) is 3. The van der Waals surface area contributed by atoms with Crippen LogP contribution in [-0.2, 0) is 17.0 Å². The van der Waals surface area contributed by atoms with Gasteiger partial charge in [0, 0.05) is 16.7 Å². The number of hydrogen-bond donors (Lipinski definition) is 1. The standard InChI is InChI=1S/C17H18N4O2S3/c1-3-15-20-21-16(23)8-11(18-17(21)26-15)9-25-10-14(22)19-12-6-4-5-7-13(12)24-2/h4-8H,3,9-10H2,1-2H3,(H,19,22). The Morgan fingerprint density at radius 3 is 2.92 bits per heavy atom. The summed E-state index contributed by atoms with van der Waals surface area (Å²) in [5, 5.41) is 8.04. The van der Waals surface area contributed by atoms with E-state index in [0.29, 0.717) is 22.2 Å². The van der Waals surface area contributed by atoms with Crippen LogP contribution in [0.3, 0.4) is 0 Å². The van der Waals surface area contributed by atoms with Crippen molar-refractivity contribution in [3.63, 3.8) is 0 Å². The van der Waals surface area contributed by atoms with Crippen LogP contribution in [-0.4, -0.2) is 32.5 Å². The van der Waals surface area contributed by atoms with E-state index in [1.807, 2.05) is 37.4 Å². The van der Waals surface area contributed by atoms with Crippen LogP contribution >= 0.6 is 34.9 Å². The molecule has 136 valence electrons. The zero-order chi connectivity index (χ0) is 18.5.